The fraction of sp³-hybridized carbons (Fsp3) is 0.462. The van der Waals surface area contributed by atoms with E-state index < -0.39 is 0 Å². The quantitative estimate of drug-likeness (QED) is 0.570. The summed E-state index contributed by atoms with van der Waals surface area (Å²) in [4.78, 5) is 27.5. The largest absolute Gasteiger partial charge is 0.379 e. The molecule has 0 saturated carbocycles. The Hall–Kier alpha value is -2.48. The molecule has 0 spiro atoms. The number of carbonyl (C=O) groups is 1. The smallest absolute Gasteiger partial charge is 0.223 e. The number of amides is 1. The fourth-order valence-corrected chi connectivity index (χ4v) is 5.65. The van der Waals surface area contributed by atoms with Crippen molar-refractivity contribution < 1.29 is 9.53 Å². The summed E-state index contributed by atoms with van der Waals surface area (Å²) in [5.74, 6) is 0.654. The average molecular weight is 465 g/mol. The molecule has 0 aliphatic carbocycles. The van der Waals surface area contributed by atoms with Crippen molar-refractivity contribution in [1.82, 2.24) is 19.8 Å². The molecular weight excluding hydrogens is 432 g/mol. The van der Waals surface area contributed by atoms with Crippen LogP contribution in [0.3, 0.4) is 0 Å². The number of nitrogens with zero attached hydrogens (tertiary/aromatic N) is 3. The van der Waals surface area contributed by atoms with Crippen molar-refractivity contribution in [3.63, 3.8) is 0 Å². The number of morpholine rings is 1. The number of nitrogens with one attached hydrogen (secondary N) is 1. The van der Waals surface area contributed by atoms with Gasteiger partial charge in [-0.1, -0.05) is 19.9 Å². The van der Waals surface area contributed by atoms with Crippen LogP contribution in [-0.2, 0) is 16.1 Å². The van der Waals surface area contributed by atoms with Crippen molar-refractivity contribution in [2.75, 3.05) is 39.4 Å². The summed E-state index contributed by atoms with van der Waals surface area (Å²) in [7, 11) is 0. The van der Waals surface area contributed by atoms with Gasteiger partial charge in [-0.3, -0.25) is 9.69 Å². The third kappa shape index (κ3) is 5.05. The van der Waals surface area contributed by atoms with Crippen LogP contribution in [0.4, 0.5) is 0 Å². The number of thiophene rings is 1. The van der Waals surface area contributed by atoms with Gasteiger partial charge in [-0.2, -0.15) is 0 Å². The zero-order valence-electron chi connectivity index (χ0n) is 19.5. The van der Waals surface area contributed by atoms with E-state index in [4.69, 9.17) is 9.72 Å². The Kier molecular flexibility index (Phi) is 6.62. The van der Waals surface area contributed by atoms with Crippen LogP contribution in [0.15, 0.2) is 36.7 Å². The summed E-state index contributed by atoms with van der Waals surface area (Å²) in [5.41, 5.74) is 4.58. The van der Waals surface area contributed by atoms with Crippen LogP contribution in [0.1, 0.15) is 37.1 Å². The van der Waals surface area contributed by atoms with Crippen molar-refractivity contribution in [1.29, 1.82) is 0 Å². The lowest BCUT2D eigenvalue weighted by atomic mass is 9.98. The van der Waals surface area contributed by atoms with Gasteiger partial charge in [0.15, 0.2) is 0 Å². The van der Waals surface area contributed by atoms with Gasteiger partial charge in [-0.25, -0.2) is 4.98 Å². The van der Waals surface area contributed by atoms with Gasteiger partial charge in [0.1, 0.15) is 5.65 Å². The van der Waals surface area contributed by atoms with Crippen LogP contribution < -0.4 is 0 Å². The Balaban J connectivity index is 1.33. The highest BCUT2D eigenvalue weighted by Crippen LogP contribution is 2.34. The van der Waals surface area contributed by atoms with Crippen LogP contribution >= 0.6 is 11.3 Å². The van der Waals surface area contributed by atoms with Gasteiger partial charge in [0, 0.05) is 77.8 Å². The highest BCUT2D eigenvalue weighted by Gasteiger charge is 2.20. The van der Waals surface area contributed by atoms with Crippen molar-refractivity contribution in [2.24, 2.45) is 5.92 Å². The minimum Gasteiger partial charge on any atom is -0.379 e. The topological polar surface area (TPSA) is 61.5 Å². The second kappa shape index (κ2) is 9.79. The predicted molar refractivity (Wildman–Crippen MR) is 134 cm³/mol. The first-order valence-electron chi connectivity index (χ1n) is 11.9. The lowest BCUT2D eigenvalue weighted by Gasteiger charge is -2.27. The molecule has 33 heavy (non-hydrogen) atoms. The molecule has 5 rings (SSSR count). The standard InChI is InChI=1S/C26H32N4O2S/c1-18(2)13-25(31)30-7-5-19(6-8-30)23-16-28-26-22(23)14-20(15-27-26)24-4-3-21(33-24)17-29-9-11-32-12-10-29/h3-5,14-16,18H,6-13,17H2,1-2H3,(H,27,28). The highest BCUT2D eigenvalue weighted by atomic mass is 32.1. The monoisotopic (exact) mass is 464 g/mol. The Morgan fingerprint density at radius 2 is 2.09 bits per heavy atom. The number of H-pyrrole nitrogens is 1. The van der Waals surface area contributed by atoms with E-state index in [0.717, 1.165) is 62.4 Å². The molecule has 6 nitrogen and oxygen atoms in total. The van der Waals surface area contributed by atoms with Crippen LogP contribution in [-0.4, -0.2) is 65.1 Å². The normalized spacial score (nSPS) is 17.7. The third-order valence-corrected chi connectivity index (χ3v) is 7.57. The molecule has 2 aliphatic heterocycles. The number of fused-ring (bicyclic) bond motifs is 1. The van der Waals surface area contributed by atoms with E-state index in [1.54, 1.807) is 0 Å². The molecular formula is C26H32N4O2S. The molecule has 0 bridgehead atoms. The van der Waals surface area contributed by atoms with Gasteiger partial charge in [0.2, 0.25) is 5.91 Å². The lowest BCUT2D eigenvalue weighted by Crippen LogP contribution is -2.35. The number of rotatable bonds is 6. The molecule has 1 fully saturated rings. The maximum atomic E-state index is 12.4. The maximum absolute atomic E-state index is 12.4. The minimum atomic E-state index is 0.258. The van der Waals surface area contributed by atoms with E-state index in [1.807, 2.05) is 22.4 Å². The molecule has 3 aromatic heterocycles. The van der Waals surface area contributed by atoms with Crippen LogP contribution in [0, 0.1) is 5.92 Å². The van der Waals surface area contributed by atoms with Crippen LogP contribution in [0.2, 0.25) is 0 Å². The van der Waals surface area contributed by atoms with Gasteiger partial charge >= 0.3 is 0 Å². The molecule has 1 amide bonds. The third-order valence-electron chi connectivity index (χ3n) is 6.45. The lowest BCUT2D eigenvalue weighted by molar-refractivity contribution is -0.131. The number of ether oxygens (including phenoxy) is 1. The first-order chi connectivity index (χ1) is 16.1. The number of hydrogen-bond acceptors (Lipinski definition) is 5. The first kappa shape index (κ1) is 22.3. The fourth-order valence-electron chi connectivity index (χ4n) is 4.62. The Morgan fingerprint density at radius 1 is 1.24 bits per heavy atom. The van der Waals surface area contributed by atoms with Gasteiger partial charge in [-0.15, -0.1) is 11.3 Å². The van der Waals surface area contributed by atoms with E-state index in [0.29, 0.717) is 18.9 Å². The Morgan fingerprint density at radius 3 is 2.85 bits per heavy atom. The molecule has 0 atom stereocenters. The van der Waals surface area contributed by atoms with Gasteiger partial charge in [-0.05, 0) is 36.1 Å². The summed E-state index contributed by atoms with van der Waals surface area (Å²) < 4.78 is 5.47. The number of aromatic amines is 1. The van der Waals surface area contributed by atoms with Crippen LogP contribution in [0.25, 0.3) is 27.0 Å². The number of hydrogen-bond donors (Lipinski definition) is 1. The number of aromatic nitrogens is 2. The molecule has 174 valence electrons. The van der Waals surface area contributed by atoms with Gasteiger partial charge in [0.05, 0.1) is 13.2 Å². The second-order valence-electron chi connectivity index (χ2n) is 9.39. The van der Waals surface area contributed by atoms with Crippen molar-refractivity contribution in [3.8, 4) is 10.4 Å². The highest BCUT2D eigenvalue weighted by molar-refractivity contribution is 7.15. The van der Waals surface area contributed by atoms with E-state index in [1.165, 1.54) is 20.9 Å². The summed E-state index contributed by atoms with van der Waals surface area (Å²) in [6.07, 6.45) is 7.75. The molecule has 1 saturated heterocycles. The number of carbonyl (C=O) groups excluding carboxylic acids is 1. The van der Waals surface area contributed by atoms with E-state index in [9.17, 15) is 4.79 Å². The van der Waals surface area contributed by atoms with Crippen molar-refractivity contribution in [2.45, 2.75) is 33.2 Å². The summed E-state index contributed by atoms with van der Waals surface area (Å²) >= 11 is 1.85. The average Bonchev–Trinajstić information content (AvgIpc) is 3.46. The Bertz CT molecular complexity index is 1160. The molecule has 7 heteroatoms. The molecule has 2 aliphatic rings. The van der Waals surface area contributed by atoms with E-state index >= 15 is 0 Å². The van der Waals surface area contributed by atoms with Crippen molar-refractivity contribution in [3.05, 3.63) is 47.1 Å². The van der Waals surface area contributed by atoms with Crippen molar-refractivity contribution >= 4 is 33.9 Å². The zero-order valence-corrected chi connectivity index (χ0v) is 20.3. The Labute approximate surface area is 199 Å². The van der Waals surface area contributed by atoms with Gasteiger partial charge < -0.3 is 14.6 Å². The summed E-state index contributed by atoms with van der Waals surface area (Å²) in [6.45, 7) is 10.3. The zero-order chi connectivity index (χ0) is 22.8. The van der Waals surface area contributed by atoms with Gasteiger partial charge in [0.25, 0.3) is 0 Å². The van der Waals surface area contributed by atoms with Crippen LogP contribution in [0.5, 0.6) is 0 Å². The second-order valence-corrected chi connectivity index (χ2v) is 10.6. The SMILES string of the molecule is CC(C)CC(=O)N1CC=C(c2c[nH]c3ncc(-c4ccc(CN5CCOCC5)s4)cc23)CC1. The molecule has 0 unspecified atom stereocenters. The van der Waals surface area contributed by atoms with E-state index in [-0.39, 0.29) is 5.91 Å². The summed E-state index contributed by atoms with van der Waals surface area (Å²) in [5, 5.41) is 1.16. The molecule has 1 N–H and O–H groups in total. The minimum absolute atomic E-state index is 0.258. The molecule has 0 radical (unpaired) electrons. The molecule has 0 aromatic carbocycles. The maximum Gasteiger partial charge on any atom is 0.223 e. The molecule has 5 heterocycles. The first-order valence-corrected chi connectivity index (χ1v) is 12.7. The predicted octanol–water partition coefficient (Wildman–Crippen LogP) is 4.79. The van der Waals surface area contributed by atoms with E-state index in [2.05, 4.69) is 54.2 Å². The molecule has 3 aromatic rings. The number of pyridine rings is 1. The summed E-state index contributed by atoms with van der Waals surface area (Å²) in [6, 6.07) is 6.72.